The molecule has 0 saturated carbocycles. The highest BCUT2D eigenvalue weighted by molar-refractivity contribution is 5.83. The van der Waals surface area contributed by atoms with Crippen molar-refractivity contribution in [2.45, 2.75) is 59.2 Å². The average Bonchev–Trinajstić information content (AvgIpc) is 2.83. The Morgan fingerprint density at radius 1 is 0.943 bits per heavy atom. The van der Waals surface area contributed by atoms with Crippen LogP contribution in [-0.4, -0.2) is 55.2 Å². The minimum Gasteiger partial charge on any atom is -0.352 e. The van der Waals surface area contributed by atoms with E-state index in [1.807, 2.05) is 19.9 Å². The van der Waals surface area contributed by atoms with Crippen molar-refractivity contribution in [1.82, 2.24) is 20.9 Å². The molecule has 0 spiro atoms. The van der Waals surface area contributed by atoms with Crippen molar-refractivity contribution in [2.75, 3.05) is 13.6 Å². The van der Waals surface area contributed by atoms with Crippen LogP contribution in [0.2, 0.25) is 0 Å². The van der Waals surface area contributed by atoms with Gasteiger partial charge in [0.1, 0.15) is 6.04 Å². The average molecular weight is 481 g/mol. The van der Waals surface area contributed by atoms with Crippen LogP contribution in [0.4, 0.5) is 0 Å². The molecule has 3 N–H and O–H groups in total. The number of hydrogen-bond donors (Lipinski definition) is 3. The zero-order chi connectivity index (χ0) is 26.1. The summed E-state index contributed by atoms with van der Waals surface area (Å²) < 4.78 is 0. The summed E-state index contributed by atoms with van der Waals surface area (Å²) in [5, 5.41) is 7.81. The van der Waals surface area contributed by atoms with E-state index in [2.05, 4.69) is 60.1 Å². The van der Waals surface area contributed by atoms with Gasteiger partial charge in [-0.05, 0) is 80.5 Å². The molecule has 2 aromatic rings. The molecule has 0 aliphatic heterocycles. The fraction of sp³-hybridized carbons (Fsp3) is 0.407. The van der Waals surface area contributed by atoms with Crippen molar-refractivity contribution < 1.29 is 19.2 Å². The number of aryl methyl sites for hydroxylation is 2. The van der Waals surface area contributed by atoms with Gasteiger partial charge >= 0.3 is 0 Å². The zero-order valence-corrected chi connectivity index (χ0v) is 21.3. The van der Waals surface area contributed by atoms with Crippen molar-refractivity contribution >= 4 is 24.6 Å². The molecule has 0 fully saturated rings. The first-order valence-electron chi connectivity index (χ1n) is 11.7. The number of nitrogens with one attached hydrogen (secondary N) is 3. The van der Waals surface area contributed by atoms with Gasteiger partial charge in [-0.3, -0.25) is 19.2 Å². The third-order valence-corrected chi connectivity index (χ3v) is 6.29. The summed E-state index contributed by atoms with van der Waals surface area (Å²) in [7, 11) is 1.73. The molecule has 0 saturated heterocycles. The van der Waals surface area contributed by atoms with E-state index < -0.39 is 6.04 Å². The molecular weight excluding hydrogens is 444 g/mol. The van der Waals surface area contributed by atoms with Gasteiger partial charge in [0.05, 0.1) is 12.6 Å². The highest BCUT2D eigenvalue weighted by Crippen LogP contribution is 2.31. The number of likely N-dealkylation sites (N-methyl/N-ethyl adjacent to an activating group) is 1. The van der Waals surface area contributed by atoms with Crippen LogP contribution in [0.1, 0.15) is 49.1 Å². The second-order valence-corrected chi connectivity index (χ2v) is 9.02. The van der Waals surface area contributed by atoms with Gasteiger partial charge < -0.3 is 20.9 Å². The predicted molar refractivity (Wildman–Crippen MR) is 137 cm³/mol. The number of amides is 4. The molecule has 0 aliphatic carbocycles. The Morgan fingerprint density at radius 2 is 1.57 bits per heavy atom. The van der Waals surface area contributed by atoms with E-state index in [-0.39, 0.29) is 30.4 Å². The third kappa shape index (κ3) is 7.40. The van der Waals surface area contributed by atoms with Gasteiger partial charge in [0.15, 0.2) is 0 Å². The van der Waals surface area contributed by atoms with E-state index in [4.69, 9.17) is 0 Å². The van der Waals surface area contributed by atoms with Crippen LogP contribution >= 0.6 is 0 Å². The van der Waals surface area contributed by atoms with Gasteiger partial charge in [0.25, 0.3) is 0 Å². The SMILES string of the molecule is Cc1ccc(CC(C)NC(=O)[C@H](C)NC=O)cc1-c1cc(C(C)N(C)C(=O)CNC=O)ccc1C. The lowest BCUT2D eigenvalue weighted by Gasteiger charge is -2.26. The monoisotopic (exact) mass is 480 g/mol. The molecule has 2 aromatic carbocycles. The Balaban J connectivity index is 2.27. The predicted octanol–water partition coefficient (Wildman–Crippen LogP) is 2.42. The number of benzene rings is 2. The number of nitrogens with zero attached hydrogens (tertiary/aromatic N) is 1. The molecule has 2 unspecified atom stereocenters. The van der Waals surface area contributed by atoms with Gasteiger partial charge in [-0.2, -0.15) is 0 Å². The normalized spacial score (nSPS) is 13.2. The van der Waals surface area contributed by atoms with Crippen LogP contribution in [-0.2, 0) is 25.6 Å². The molecular formula is C27H36N4O4. The molecule has 35 heavy (non-hydrogen) atoms. The molecule has 3 atom stereocenters. The van der Waals surface area contributed by atoms with Gasteiger partial charge in [0, 0.05) is 13.1 Å². The molecule has 0 aromatic heterocycles. The summed E-state index contributed by atoms with van der Waals surface area (Å²) in [5.41, 5.74) is 6.50. The zero-order valence-electron chi connectivity index (χ0n) is 21.3. The molecule has 8 heteroatoms. The minimum atomic E-state index is -0.588. The smallest absolute Gasteiger partial charge is 0.242 e. The highest BCUT2D eigenvalue weighted by atomic mass is 16.2. The lowest BCUT2D eigenvalue weighted by molar-refractivity contribution is -0.131. The topological polar surface area (TPSA) is 108 Å². The Morgan fingerprint density at radius 3 is 2.20 bits per heavy atom. The summed E-state index contributed by atoms with van der Waals surface area (Å²) in [6.45, 7) is 9.62. The van der Waals surface area contributed by atoms with Gasteiger partial charge in [-0.1, -0.05) is 30.3 Å². The summed E-state index contributed by atoms with van der Waals surface area (Å²) in [6, 6.07) is 11.6. The van der Waals surface area contributed by atoms with Crippen molar-refractivity contribution in [3.05, 3.63) is 58.7 Å². The first-order valence-corrected chi connectivity index (χ1v) is 11.7. The summed E-state index contributed by atoms with van der Waals surface area (Å²) in [4.78, 5) is 47.3. The van der Waals surface area contributed by atoms with Gasteiger partial charge in [-0.15, -0.1) is 0 Å². The summed E-state index contributed by atoms with van der Waals surface area (Å²) >= 11 is 0. The Bertz CT molecular complexity index is 1070. The fourth-order valence-corrected chi connectivity index (χ4v) is 3.92. The number of hydrogen-bond acceptors (Lipinski definition) is 4. The first-order chi connectivity index (χ1) is 16.6. The number of carbonyl (C=O) groups excluding carboxylic acids is 4. The van der Waals surface area contributed by atoms with Crippen LogP contribution in [0, 0.1) is 13.8 Å². The Kier molecular flexibility index (Phi) is 9.99. The maximum atomic E-state index is 12.3. The Hall–Kier alpha value is -3.68. The highest BCUT2D eigenvalue weighted by Gasteiger charge is 2.19. The van der Waals surface area contributed by atoms with Crippen molar-refractivity contribution in [1.29, 1.82) is 0 Å². The lowest BCUT2D eigenvalue weighted by atomic mass is 9.91. The molecule has 4 amide bonds. The molecule has 0 heterocycles. The van der Waals surface area contributed by atoms with Crippen LogP contribution in [0.25, 0.3) is 11.1 Å². The van der Waals surface area contributed by atoms with Crippen LogP contribution in [0.15, 0.2) is 36.4 Å². The quantitative estimate of drug-likeness (QED) is 0.406. The number of carbonyl (C=O) groups is 4. The fourth-order valence-electron chi connectivity index (χ4n) is 3.92. The van der Waals surface area contributed by atoms with E-state index >= 15 is 0 Å². The summed E-state index contributed by atoms with van der Waals surface area (Å²) in [6.07, 6.45) is 1.68. The standard InChI is InChI=1S/C27H36N4O4/c1-17-7-9-22(11-19(3)30-27(35)20(4)29-16-33)12-24(17)25-13-23(10-8-18(25)2)21(5)31(6)26(34)14-28-15-32/h7-10,12-13,15-16,19-21H,11,14H2,1-6H3,(H,28,32)(H,29,33)(H,30,35)/t19?,20-,21?/m0/s1. The van der Waals surface area contributed by atoms with Gasteiger partial charge in [-0.25, -0.2) is 0 Å². The van der Waals surface area contributed by atoms with E-state index in [9.17, 15) is 19.2 Å². The molecule has 0 aliphatic rings. The lowest BCUT2D eigenvalue weighted by Crippen LogP contribution is -2.45. The largest absolute Gasteiger partial charge is 0.352 e. The van der Waals surface area contributed by atoms with Crippen molar-refractivity contribution in [2.24, 2.45) is 0 Å². The molecule has 188 valence electrons. The van der Waals surface area contributed by atoms with E-state index in [0.29, 0.717) is 19.2 Å². The molecule has 8 nitrogen and oxygen atoms in total. The molecule has 2 rings (SSSR count). The number of rotatable bonds is 12. The van der Waals surface area contributed by atoms with Crippen molar-refractivity contribution in [3.63, 3.8) is 0 Å². The molecule has 0 bridgehead atoms. The van der Waals surface area contributed by atoms with Crippen LogP contribution in [0.5, 0.6) is 0 Å². The van der Waals surface area contributed by atoms with Crippen LogP contribution < -0.4 is 16.0 Å². The first kappa shape index (κ1) is 27.6. The summed E-state index contributed by atoms with van der Waals surface area (Å²) in [5.74, 6) is -0.393. The molecule has 0 radical (unpaired) electrons. The van der Waals surface area contributed by atoms with Gasteiger partial charge in [0.2, 0.25) is 24.6 Å². The van der Waals surface area contributed by atoms with E-state index in [1.54, 1.807) is 18.9 Å². The third-order valence-electron chi connectivity index (χ3n) is 6.29. The second kappa shape index (κ2) is 12.7. The Labute approximate surface area is 207 Å². The van der Waals surface area contributed by atoms with Crippen molar-refractivity contribution in [3.8, 4) is 11.1 Å². The minimum absolute atomic E-state index is 0.0388. The van der Waals surface area contributed by atoms with E-state index in [1.165, 1.54) is 0 Å². The second-order valence-electron chi connectivity index (χ2n) is 9.02. The van der Waals surface area contributed by atoms with Crippen LogP contribution in [0.3, 0.4) is 0 Å². The maximum absolute atomic E-state index is 12.3. The van der Waals surface area contributed by atoms with E-state index in [0.717, 1.165) is 33.4 Å². The maximum Gasteiger partial charge on any atom is 0.242 e.